The summed E-state index contributed by atoms with van der Waals surface area (Å²) >= 11 is 0. The summed E-state index contributed by atoms with van der Waals surface area (Å²) in [4.78, 5) is 4.45. The van der Waals surface area contributed by atoms with Crippen molar-refractivity contribution in [3.63, 3.8) is 0 Å². The Hall–Kier alpha value is -1.87. The monoisotopic (exact) mass is 270 g/mol. The Kier molecular flexibility index (Phi) is 5.13. The van der Waals surface area contributed by atoms with Gasteiger partial charge in [-0.15, -0.1) is 0 Å². The number of hydrogen-bond donors (Lipinski definition) is 1. The van der Waals surface area contributed by atoms with E-state index in [2.05, 4.69) is 42.3 Å². The summed E-state index contributed by atoms with van der Waals surface area (Å²) in [5.74, 6) is 0.930. The number of hydrogen-bond acceptors (Lipinski definition) is 3. The third kappa shape index (κ3) is 3.58. The number of rotatable bonds is 6. The summed E-state index contributed by atoms with van der Waals surface area (Å²) in [5.41, 5.74) is 4.86. The van der Waals surface area contributed by atoms with Crippen LogP contribution >= 0.6 is 0 Å². The predicted octanol–water partition coefficient (Wildman–Crippen LogP) is 3.25. The van der Waals surface area contributed by atoms with Crippen molar-refractivity contribution in [1.82, 2.24) is 10.3 Å². The standard InChI is InChI=1S/C17H22N2O/c1-4-14-6-5-9-19-16(14)12-18-11-15-10-13(2)7-8-17(15)20-3/h5-10,18H,4,11-12H2,1-3H3. The topological polar surface area (TPSA) is 34.2 Å². The van der Waals surface area contributed by atoms with Crippen molar-refractivity contribution >= 4 is 0 Å². The summed E-state index contributed by atoms with van der Waals surface area (Å²) in [6.45, 7) is 5.81. The molecule has 3 heteroatoms. The quantitative estimate of drug-likeness (QED) is 0.875. The predicted molar refractivity (Wildman–Crippen MR) is 81.9 cm³/mol. The van der Waals surface area contributed by atoms with E-state index in [1.165, 1.54) is 16.7 Å². The van der Waals surface area contributed by atoms with Gasteiger partial charge < -0.3 is 10.1 Å². The Morgan fingerprint density at radius 3 is 2.75 bits per heavy atom. The van der Waals surface area contributed by atoms with Gasteiger partial charge in [0.15, 0.2) is 0 Å². The highest BCUT2D eigenvalue weighted by molar-refractivity contribution is 5.36. The fourth-order valence-corrected chi connectivity index (χ4v) is 2.31. The van der Waals surface area contributed by atoms with E-state index >= 15 is 0 Å². The van der Waals surface area contributed by atoms with Gasteiger partial charge in [-0.1, -0.05) is 30.7 Å². The van der Waals surface area contributed by atoms with Gasteiger partial charge >= 0.3 is 0 Å². The van der Waals surface area contributed by atoms with Crippen LogP contribution in [0.15, 0.2) is 36.5 Å². The molecule has 0 radical (unpaired) electrons. The normalized spacial score (nSPS) is 10.6. The molecule has 0 aliphatic rings. The second-order valence-corrected chi connectivity index (χ2v) is 4.88. The van der Waals surface area contributed by atoms with Crippen LogP contribution in [-0.2, 0) is 19.5 Å². The van der Waals surface area contributed by atoms with Gasteiger partial charge in [-0.2, -0.15) is 0 Å². The van der Waals surface area contributed by atoms with Crippen molar-refractivity contribution in [1.29, 1.82) is 0 Å². The lowest BCUT2D eigenvalue weighted by Crippen LogP contribution is -2.15. The molecule has 0 fully saturated rings. The minimum Gasteiger partial charge on any atom is -0.496 e. The molecule has 0 saturated carbocycles. The van der Waals surface area contributed by atoms with Crippen LogP contribution in [0.5, 0.6) is 5.75 Å². The van der Waals surface area contributed by atoms with Crippen LogP contribution < -0.4 is 10.1 Å². The zero-order chi connectivity index (χ0) is 14.4. The summed E-state index contributed by atoms with van der Waals surface area (Å²) < 4.78 is 5.39. The first-order chi connectivity index (χ1) is 9.74. The van der Waals surface area contributed by atoms with Crippen molar-refractivity contribution in [3.05, 3.63) is 58.9 Å². The maximum atomic E-state index is 5.39. The van der Waals surface area contributed by atoms with Crippen molar-refractivity contribution in [2.24, 2.45) is 0 Å². The van der Waals surface area contributed by atoms with Crippen LogP contribution in [0.3, 0.4) is 0 Å². The van der Waals surface area contributed by atoms with Gasteiger partial charge in [-0.25, -0.2) is 0 Å². The summed E-state index contributed by atoms with van der Waals surface area (Å²) in [5, 5.41) is 3.45. The third-order valence-corrected chi connectivity index (χ3v) is 3.41. The number of ether oxygens (including phenoxy) is 1. The zero-order valence-corrected chi connectivity index (χ0v) is 12.4. The lowest BCUT2D eigenvalue weighted by molar-refractivity contribution is 0.407. The first-order valence-corrected chi connectivity index (χ1v) is 7.01. The summed E-state index contributed by atoms with van der Waals surface area (Å²) in [7, 11) is 1.71. The zero-order valence-electron chi connectivity index (χ0n) is 12.4. The fraction of sp³-hybridized carbons (Fsp3) is 0.353. The van der Waals surface area contributed by atoms with Gasteiger partial charge in [0.25, 0.3) is 0 Å². The second-order valence-electron chi connectivity index (χ2n) is 4.88. The highest BCUT2D eigenvalue weighted by Crippen LogP contribution is 2.19. The molecule has 1 N–H and O–H groups in total. The van der Waals surface area contributed by atoms with Crippen LogP contribution in [0, 0.1) is 6.92 Å². The molecule has 106 valence electrons. The number of nitrogens with zero attached hydrogens (tertiary/aromatic N) is 1. The largest absolute Gasteiger partial charge is 0.496 e. The van der Waals surface area contributed by atoms with Crippen LogP contribution in [0.4, 0.5) is 0 Å². The summed E-state index contributed by atoms with van der Waals surface area (Å²) in [6, 6.07) is 10.4. The Labute approximate surface area is 121 Å². The first-order valence-electron chi connectivity index (χ1n) is 7.01. The second kappa shape index (κ2) is 7.06. The Morgan fingerprint density at radius 1 is 1.15 bits per heavy atom. The lowest BCUT2D eigenvalue weighted by Gasteiger charge is -2.11. The fourth-order valence-electron chi connectivity index (χ4n) is 2.31. The Morgan fingerprint density at radius 2 is 2.00 bits per heavy atom. The number of methoxy groups -OCH3 is 1. The average molecular weight is 270 g/mol. The van der Waals surface area contributed by atoms with Crippen molar-refractivity contribution < 1.29 is 4.74 Å². The van der Waals surface area contributed by atoms with Gasteiger partial charge in [-0.3, -0.25) is 4.98 Å². The molecule has 0 saturated heterocycles. The molecule has 1 aromatic heterocycles. The molecule has 20 heavy (non-hydrogen) atoms. The van der Waals surface area contributed by atoms with E-state index in [0.717, 1.165) is 31.0 Å². The van der Waals surface area contributed by atoms with Crippen LogP contribution in [-0.4, -0.2) is 12.1 Å². The molecule has 2 rings (SSSR count). The summed E-state index contributed by atoms with van der Waals surface area (Å²) in [6.07, 6.45) is 2.86. The molecule has 1 heterocycles. The molecule has 0 unspecified atom stereocenters. The van der Waals surface area contributed by atoms with Crippen molar-refractivity contribution in [2.75, 3.05) is 7.11 Å². The molecule has 2 aromatic rings. The van der Waals surface area contributed by atoms with Gasteiger partial charge in [0, 0.05) is 24.8 Å². The van der Waals surface area contributed by atoms with E-state index in [9.17, 15) is 0 Å². The molecule has 0 aliphatic heterocycles. The highest BCUT2D eigenvalue weighted by Gasteiger charge is 2.04. The number of benzene rings is 1. The Bertz CT molecular complexity index is 567. The maximum absolute atomic E-state index is 5.39. The Balaban J connectivity index is 2.01. The molecule has 0 aliphatic carbocycles. The van der Waals surface area contributed by atoms with Gasteiger partial charge in [-0.05, 0) is 31.0 Å². The van der Waals surface area contributed by atoms with Gasteiger partial charge in [0.05, 0.1) is 12.8 Å². The van der Waals surface area contributed by atoms with Crippen LogP contribution in [0.1, 0.15) is 29.3 Å². The van der Waals surface area contributed by atoms with E-state index in [1.54, 1.807) is 7.11 Å². The third-order valence-electron chi connectivity index (χ3n) is 3.41. The minimum atomic E-state index is 0.779. The van der Waals surface area contributed by atoms with E-state index < -0.39 is 0 Å². The molecule has 0 spiro atoms. The van der Waals surface area contributed by atoms with E-state index in [4.69, 9.17) is 4.74 Å². The van der Waals surface area contributed by atoms with Gasteiger partial charge in [0.2, 0.25) is 0 Å². The van der Waals surface area contributed by atoms with Crippen LogP contribution in [0.25, 0.3) is 0 Å². The molecule has 1 aromatic carbocycles. The average Bonchev–Trinajstić information content (AvgIpc) is 2.48. The number of pyridine rings is 1. The molecule has 0 bridgehead atoms. The van der Waals surface area contributed by atoms with Gasteiger partial charge in [0.1, 0.15) is 5.75 Å². The maximum Gasteiger partial charge on any atom is 0.123 e. The smallest absolute Gasteiger partial charge is 0.123 e. The lowest BCUT2D eigenvalue weighted by atomic mass is 10.1. The molecule has 3 nitrogen and oxygen atoms in total. The number of aryl methyl sites for hydroxylation is 2. The SMILES string of the molecule is CCc1cccnc1CNCc1cc(C)ccc1OC. The highest BCUT2D eigenvalue weighted by atomic mass is 16.5. The van der Waals surface area contributed by atoms with E-state index in [-0.39, 0.29) is 0 Å². The van der Waals surface area contributed by atoms with Crippen molar-refractivity contribution in [3.8, 4) is 5.75 Å². The van der Waals surface area contributed by atoms with E-state index in [1.807, 2.05) is 18.3 Å². The number of aromatic nitrogens is 1. The van der Waals surface area contributed by atoms with E-state index in [0.29, 0.717) is 0 Å². The molecule has 0 amide bonds. The molecular formula is C17H22N2O. The van der Waals surface area contributed by atoms with Crippen molar-refractivity contribution in [2.45, 2.75) is 33.4 Å². The first kappa shape index (κ1) is 14.5. The molecule has 0 atom stereocenters. The minimum absolute atomic E-state index is 0.779. The number of nitrogens with one attached hydrogen (secondary N) is 1. The molecular weight excluding hydrogens is 248 g/mol. The van der Waals surface area contributed by atoms with Crippen LogP contribution in [0.2, 0.25) is 0 Å².